The van der Waals surface area contributed by atoms with E-state index in [1.807, 2.05) is 32.9 Å². The van der Waals surface area contributed by atoms with Crippen LogP contribution in [0.2, 0.25) is 0 Å². The number of piperidine rings is 2. The Labute approximate surface area is 277 Å². The number of benzene rings is 1. The van der Waals surface area contributed by atoms with Gasteiger partial charge < -0.3 is 24.9 Å². The summed E-state index contributed by atoms with van der Waals surface area (Å²) in [6.07, 6.45) is 12.3. The lowest BCUT2D eigenvalue weighted by molar-refractivity contribution is -0.134. The van der Waals surface area contributed by atoms with Crippen LogP contribution in [0.1, 0.15) is 99.4 Å². The van der Waals surface area contributed by atoms with Gasteiger partial charge in [-0.15, -0.1) is 0 Å². The molecule has 1 atom stereocenters. The molecular formula is C37H58N6O3. The van der Waals surface area contributed by atoms with Crippen molar-refractivity contribution in [3.63, 3.8) is 0 Å². The fourth-order valence-electron chi connectivity index (χ4n) is 8.23. The van der Waals surface area contributed by atoms with Gasteiger partial charge in [0.05, 0.1) is 6.54 Å². The van der Waals surface area contributed by atoms with E-state index in [4.69, 9.17) is 0 Å². The second-order valence-corrected chi connectivity index (χ2v) is 14.7. The molecule has 46 heavy (non-hydrogen) atoms. The number of hydrogen-bond donors (Lipinski definition) is 1. The monoisotopic (exact) mass is 634 g/mol. The van der Waals surface area contributed by atoms with Crippen LogP contribution in [0.15, 0.2) is 24.3 Å². The first kappa shape index (κ1) is 33.4. The second kappa shape index (κ2) is 16.1. The minimum Gasteiger partial charge on any atom is -0.341 e. The molecule has 2 saturated carbocycles. The van der Waals surface area contributed by atoms with E-state index in [-0.39, 0.29) is 36.2 Å². The lowest BCUT2D eigenvalue weighted by Crippen LogP contribution is -2.54. The number of rotatable bonds is 11. The Morgan fingerprint density at radius 2 is 1.54 bits per heavy atom. The normalized spacial score (nSPS) is 24.2. The average molecular weight is 635 g/mol. The van der Waals surface area contributed by atoms with E-state index >= 15 is 0 Å². The Morgan fingerprint density at radius 1 is 0.783 bits per heavy atom. The van der Waals surface area contributed by atoms with Gasteiger partial charge in [0, 0.05) is 69.4 Å². The Balaban J connectivity index is 1.05. The highest BCUT2D eigenvalue weighted by atomic mass is 16.2. The molecule has 2 aliphatic carbocycles. The van der Waals surface area contributed by atoms with Gasteiger partial charge in [0.25, 0.3) is 5.91 Å². The minimum atomic E-state index is -0.0171. The third-order valence-electron chi connectivity index (χ3n) is 11.5. The number of nitrogens with one attached hydrogen (secondary N) is 1. The molecule has 3 amide bonds. The van der Waals surface area contributed by atoms with Crippen molar-refractivity contribution in [2.24, 2.45) is 5.92 Å². The standard InChI is InChI=1S/C37H58N6O3/c1-2-39-18-15-29(16-19-39)26-40-20-22-41(23-21-40)36(45)28-43(34-11-4-3-5-12-34)37(46)31-9-6-8-30(24-31)32-10-7-17-42(27-32)35(44)25-38-33-13-14-33/h6,8-9,24,29,32-34,38H,2-5,7,10-23,25-28H2,1H3. The van der Waals surface area contributed by atoms with Gasteiger partial charge in [-0.1, -0.05) is 38.3 Å². The summed E-state index contributed by atoms with van der Waals surface area (Å²) in [6.45, 7) is 12.4. The van der Waals surface area contributed by atoms with Crippen LogP contribution in [-0.4, -0.2) is 133 Å². The maximum atomic E-state index is 14.2. The Hall–Kier alpha value is -2.49. The molecule has 0 aromatic heterocycles. The summed E-state index contributed by atoms with van der Waals surface area (Å²) in [7, 11) is 0. The molecule has 5 aliphatic rings. The molecule has 3 saturated heterocycles. The van der Waals surface area contributed by atoms with Crippen molar-refractivity contribution < 1.29 is 14.4 Å². The largest absolute Gasteiger partial charge is 0.341 e. The molecular weight excluding hydrogens is 576 g/mol. The highest BCUT2D eigenvalue weighted by Crippen LogP contribution is 2.30. The van der Waals surface area contributed by atoms with E-state index in [9.17, 15) is 14.4 Å². The van der Waals surface area contributed by atoms with Gasteiger partial charge in [-0.25, -0.2) is 0 Å². The van der Waals surface area contributed by atoms with E-state index in [0.29, 0.717) is 24.7 Å². The first-order valence-corrected chi connectivity index (χ1v) is 18.6. The van der Waals surface area contributed by atoms with E-state index in [0.717, 1.165) is 95.8 Å². The molecule has 3 heterocycles. The number of carbonyl (C=O) groups excluding carboxylic acids is 3. The molecule has 0 radical (unpaired) electrons. The van der Waals surface area contributed by atoms with Gasteiger partial charge in [0.15, 0.2) is 0 Å². The van der Waals surface area contributed by atoms with Crippen molar-refractivity contribution in [3.8, 4) is 0 Å². The van der Waals surface area contributed by atoms with Crippen molar-refractivity contribution in [1.82, 2.24) is 29.8 Å². The average Bonchev–Trinajstić information content (AvgIpc) is 3.95. The summed E-state index contributed by atoms with van der Waals surface area (Å²) in [5.41, 5.74) is 1.80. The van der Waals surface area contributed by atoms with Crippen LogP contribution >= 0.6 is 0 Å². The van der Waals surface area contributed by atoms with Crippen molar-refractivity contribution in [2.45, 2.75) is 95.6 Å². The zero-order chi connectivity index (χ0) is 31.9. The van der Waals surface area contributed by atoms with Gasteiger partial charge in [0.1, 0.15) is 6.54 Å². The van der Waals surface area contributed by atoms with Gasteiger partial charge >= 0.3 is 0 Å². The molecule has 1 aromatic rings. The minimum absolute atomic E-state index is 0.0171. The van der Waals surface area contributed by atoms with E-state index < -0.39 is 0 Å². The third kappa shape index (κ3) is 8.90. The van der Waals surface area contributed by atoms with Gasteiger partial charge in [-0.2, -0.15) is 0 Å². The summed E-state index contributed by atoms with van der Waals surface area (Å²) in [5, 5.41) is 3.36. The van der Waals surface area contributed by atoms with E-state index in [1.54, 1.807) is 0 Å². The van der Waals surface area contributed by atoms with E-state index in [2.05, 4.69) is 28.1 Å². The van der Waals surface area contributed by atoms with Crippen LogP contribution in [0.5, 0.6) is 0 Å². The molecule has 9 nitrogen and oxygen atoms in total. The molecule has 254 valence electrons. The van der Waals surface area contributed by atoms with Crippen molar-refractivity contribution in [2.75, 3.05) is 78.5 Å². The predicted molar refractivity (Wildman–Crippen MR) is 182 cm³/mol. The maximum absolute atomic E-state index is 14.2. The van der Waals surface area contributed by atoms with Crippen LogP contribution < -0.4 is 5.32 Å². The fourth-order valence-corrected chi connectivity index (χ4v) is 8.23. The lowest BCUT2D eigenvalue weighted by Gasteiger charge is -2.40. The summed E-state index contributed by atoms with van der Waals surface area (Å²) in [6, 6.07) is 8.71. The molecule has 1 aromatic carbocycles. The smallest absolute Gasteiger partial charge is 0.254 e. The molecule has 1 unspecified atom stereocenters. The van der Waals surface area contributed by atoms with Crippen molar-refractivity contribution >= 4 is 17.7 Å². The molecule has 9 heteroatoms. The van der Waals surface area contributed by atoms with Gasteiger partial charge in [0.2, 0.25) is 11.8 Å². The number of piperazine rings is 1. The highest BCUT2D eigenvalue weighted by molar-refractivity contribution is 5.97. The Morgan fingerprint density at radius 3 is 2.26 bits per heavy atom. The number of likely N-dealkylation sites (tertiary alicyclic amines) is 2. The third-order valence-corrected chi connectivity index (χ3v) is 11.5. The van der Waals surface area contributed by atoms with Crippen LogP contribution in [-0.2, 0) is 9.59 Å². The van der Waals surface area contributed by atoms with Crippen LogP contribution in [0.3, 0.4) is 0 Å². The topological polar surface area (TPSA) is 79.4 Å². The van der Waals surface area contributed by atoms with Crippen molar-refractivity contribution in [1.29, 1.82) is 0 Å². The molecule has 1 N–H and O–H groups in total. The lowest BCUT2D eigenvalue weighted by atomic mass is 9.89. The first-order valence-electron chi connectivity index (χ1n) is 18.6. The Bertz CT molecular complexity index is 1170. The number of amides is 3. The fraction of sp³-hybridized carbons (Fsp3) is 0.757. The summed E-state index contributed by atoms with van der Waals surface area (Å²) in [5.74, 6) is 1.25. The van der Waals surface area contributed by atoms with Crippen molar-refractivity contribution in [3.05, 3.63) is 35.4 Å². The number of carbonyl (C=O) groups is 3. The first-order chi connectivity index (χ1) is 22.5. The number of hydrogen-bond acceptors (Lipinski definition) is 6. The van der Waals surface area contributed by atoms with Gasteiger partial charge in [-0.05, 0) is 94.6 Å². The second-order valence-electron chi connectivity index (χ2n) is 14.7. The zero-order valence-corrected chi connectivity index (χ0v) is 28.3. The summed E-state index contributed by atoms with van der Waals surface area (Å²) in [4.78, 5) is 51.8. The SMILES string of the molecule is CCN1CCC(CN2CCN(C(=O)CN(C(=O)c3cccc(C4CCCN(C(=O)CNC5CC5)C4)c3)C3CCCCC3)CC2)CC1. The zero-order valence-electron chi connectivity index (χ0n) is 28.3. The molecule has 3 aliphatic heterocycles. The molecule has 5 fully saturated rings. The quantitative estimate of drug-likeness (QED) is 0.399. The molecule has 0 spiro atoms. The van der Waals surface area contributed by atoms with Crippen LogP contribution in [0.4, 0.5) is 0 Å². The Kier molecular flexibility index (Phi) is 11.7. The summed E-state index contributed by atoms with van der Waals surface area (Å²) < 4.78 is 0. The van der Waals surface area contributed by atoms with Gasteiger partial charge in [-0.3, -0.25) is 19.3 Å². The maximum Gasteiger partial charge on any atom is 0.254 e. The molecule has 6 rings (SSSR count). The van der Waals surface area contributed by atoms with E-state index in [1.165, 1.54) is 45.2 Å². The highest BCUT2D eigenvalue weighted by Gasteiger charge is 2.33. The molecule has 0 bridgehead atoms. The number of nitrogens with zero attached hydrogens (tertiary/aromatic N) is 5. The summed E-state index contributed by atoms with van der Waals surface area (Å²) >= 11 is 0. The van der Waals surface area contributed by atoms with Crippen LogP contribution in [0.25, 0.3) is 0 Å². The van der Waals surface area contributed by atoms with Crippen LogP contribution in [0, 0.1) is 5.92 Å². The predicted octanol–water partition coefficient (Wildman–Crippen LogP) is 3.80.